The van der Waals surface area contributed by atoms with Gasteiger partial charge < -0.3 is 9.72 Å². The summed E-state index contributed by atoms with van der Waals surface area (Å²) in [6.07, 6.45) is 1.73. The van der Waals surface area contributed by atoms with Crippen LogP contribution in [-0.4, -0.2) is 9.97 Å². The normalized spacial score (nSPS) is 16.2. The zero-order chi connectivity index (χ0) is 11.3. The zero-order valence-electron chi connectivity index (χ0n) is 9.66. The maximum absolute atomic E-state index is 5.99. The first-order valence-corrected chi connectivity index (χ1v) is 5.42. The summed E-state index contributed by atoms with van der Waals surface area (Å²) in [5.41, 5.74) is 4.01. The lowest BCUT2D eigenvalue weighted by Gasteiger charge is -2.31. The Kier molecular flexibility index (Phi) is 1.70. The average Bonchev–Trinajstić information content (AvgIpc) is 2.69. The molecular weight excluding hydrogens is 200 g/mol. The third-order valence-corrected chi connectivity index (χ3v) is 3.00. The van der Waals surface area contributed by atoms with Gasteiger partial charge in [-0.15, -0.1) is 0 Å². The van der Waals surface area contributed by atoms with Crippen LogP contribution in [0.1, 0.15) is 25.1 Å². The van der Waals surface area contributed by atoms with Crippen molar-refractivity contribution < 1.29 is 4.74 Å². The predicted molar refractivity (Wildman–Crippen MR) is 62.4 cm³/mol. The van der Waals surface area contributed by atoms with Crippen LogP contribution in [0.5, 0.6) is 5.75 Å². The summed E-state index contributed by atoms with van der Waals surface area (Å²) in [6.45, 7) is 6.17. The van der Waals surface area contributed by atoms with Crippen LogP contribution >= 0.6 is 0 Å². The van der Waals surface area contributed by atoms with Gasteiger partial charge in [-0.05, 0) is 32.9 Å². The highest BCUT2D eigenvalue weighted by Crippen LogP contribution is 2.43. The van der Waals surface area contributed by atoms with Gasteiger partial charge in [0.2, 0.25) is 0 Å². The fraction of sp³-hybridized carbons (Fsp3) is 0.308. The Morgan fingerprint density at radius 2 is 2.12 bits per heavy atom. The van der Waals surface area contributed by atoms with Crippen LogP contribution in [0.4, 0.5) is 0 Å². The van der Waals surface area contributed by atoms with Crippen LogP contribution in [0.25, 0.3) is 11.3 Å². The summed E-state index contributed by atoms with van der Waals surface area (Å²) >= 11 is 0. The number of nitrogens with zero attached hydrogens (tertiary/aromatic N) is 1. The molecule has 2 heterocycles. The monoisotopic (exact) mass is 214 g/mol. The summed E-state index contributed by atoms with van der Waals surface area (Å²) < 4.78 is 5.99. The summed E-state index contributed by atoms with van der Waals surface area (Å²) in [5.74, 6) is 0.912. The molecule has 1 aliphatic heterocycles. The topological polar surface area (TPSA) is 37.9 Å². The highest BCUT2D eigenvalue weighted by molar-refractivity contribution is 5.72. The van der Waals surface area contributed by atoms with E-state index in [0.29, 0.717) is 0 Å². The van der Waals surface area contributed by atoms with Gasteiger partial charge in [0.15, 0.2) is 0 Å². The SMILES string of the molecule is Cc1ccc2c(c1)-c1nc[nH]c1C(C)(C)O2. The van der Waals surface area contributed by atoms with E-state index in [1.165, 1.54) is 5.56 Å². The molecule has 0 amide bonds. The molecule has 1 aromatic heterocycles. The first-order chi connectivity index (χ1) is 7.58. The van der Waals surface area contributed by atoms with E-state index in [1.54, 1.807) is 6.33 Å². The lowest BCUT2D eigenvalue weighted by Crippen LogP contribution is -2.29. The number of hydrogen-bond donors (Lipinski definition) is 1. The number of ether oxygens (including phenoxy) is 1. The van der Waals surface area contributed by atoms with Crippen LogP contribution in [-0.2, 0) is 5.60 Å². The number of aryl methyl sites for hydroxylation is 1. The van der Waals surface area contributed by atoms with Gasteiger partial charge >= 0.3 is 0 Å². The van der Waals surface area contributed by atoms with E-state index in [0.717, 1.165) is 22.7 Å². The van der Waals surface area contributed by atoms with Gasteiger partial charge in [-0.3, -0.25) is 0 Å². The molecular formula is C13H14N2O. The molecule has 3 nitrogen and oxygen atoms in total. The van der Waals surface area contributed by atoms with Crippen molar-refractivity contribution in [1.29, 1.82) is 0 Å². The molecule has 16 heavy (non-hydrogen) atoms. The van der Waals surface area contributed by atoms with Crippen molar-refractivity contribution in [3.63, 3.8) is 0 Å². The van der Waals surface area contributed by atoms with Gasteiger partial charge in [0.25, 0.3) is 0 Å². The molecule has 0 spiro atoms. The van der Waals surface area contributed by atoms with Crippen LogP contribution in [0.2, 0.25) is 0 Å². The number of benzene rings is 1. The first kappa shape index (κ1) is 9.46. The molecule has 3 rings (SSSR count). The lowest BCUT2D eigenvalue weighted by molar-refractivity contribution is 0.101. The van der Waals surface area contributed by atoms with Gasteiger partial charge in [-0.25, -0.2) is 4.98 Å². The molecule has 2 aromatic rings. The Morgan fingerprint density at radius 1 is 1.31 bits per heavy atom. The van der Waals surface area contributed by atoms with E-state index in [4.69, 9.17) is 4.74 Å². The molecule has 82 valence electrons. The van der Waals surface area contributed by atoms with Crippen molar-refractivity contribution in [2.75, 3.05) is 0 Å². The van der Waals surface area contributed by atoms with Crippen molar-refractivity contribution in [3.05, 3.63) is 35.8 Å². The van der Waals surface area contributed by atoms with Crippen LogP contribution in [0, 0.1) is 6.92 Å². The predicted octanol–water partition coefficient (Wildman–Crippen LogP) is 3.01. The van der Waals surface area contributed by atoms with E-state index < -0.39 is 0 Å². The van der Waals surface area contributed by atoms with E-state index in [2.05, 4.69) is 29.0 Å². The number of rotatable bonds is 0. The number of hydrogen-bond acceptors (Lipinski definition) is 2. The second kappa shape index (κ2) is 2.88. The van der Waals surface area contributed by atoms with Gasteiger partial charge in [0.1, 0.15) is 11.4 Å². The average molecular weight is 214 g/mol. The standard InChI is InChI=1S/C13H14N2O/c1-8-4-5-10-9(6-8)11-12(15-7-14-11)13(2,3)16-10/h4-7H,1-3H3,(H,14,15). The van der Waals surface area contributed by atoms with E-state index in [-0.39, 0.29) is 5.60 Å². The molecule has 0 saturated heterocycles. The Hall–Kier alpha value is -1.77. The Balaban J connectivity index is 2.31. The maximum Gasteiger partial charge on any atom is 0.145 e. The molecule has 3 heteroatoms. The van der Waals surface area contributed by atoms with Gasteiger partial charge in [-0.1, -0.05) is 11.6 Å². The fourth-order valence-corrected chi connectivity index (χ4v) is 2.20. The Labute approximate surface area is 94.5 Å². The molecule has 0 fully saturated rings. The van der Waals surface area contributed by atoms with Crippen molar-refractivity contribution >= 4 is 0 Å². The summed E-state index contributed by atoms with van der Waals surface area (Å²) in [5, 5.41) is 0. The number of nitrogens with one attached hydrogen (secondary N) is 1. The largest absolute Gasteiger partial charge is 0.481 e. The highest BCUT2D eigenvalue weighted by atomic mass is 16.5. The molecule has 1 N–H and O–H groups in total. The molecule has 0 atom stereocenters. The third-order valence-electron chi connectivity index (χ3n) is 3.00. The van der Waals surface area contributed by atoms with E-state index >= 15 is 0 Å². The molecule has 0 unspecified atom stereocenters. The number of H-pyrrole nitrogens is 1. The Morgan fingerprint density at radius 3 is 2.94 bits per heavy atom. The number of imidazole rings is 1. The molecule has 0 saturated carbocycles. The Bertz CT molecular complexity index is 555. The van der Waals surface area contributed by atoms with Crippen molar-refractivity contribution in [2.45, 2.75) is 26.4 Å². The summed E-state index contributed by atoms with van der Waals surface area (Å²) in [6, 6.07) is 6.20. The van der Waals surface area contributed by atoms with Gasteiger partial charge in [0, 0.05) is 5.56 Å². The zero-order valence-corrected chi connectivity index (χ0v) is 9.66. The van der Waals surface area contributed by atoms with Crippen LogP contribution < -0.4 is 4.74 Å². The molecule has 1 aliphatic rings. The number of aromatic nitrogens is 2. The number of fused-ring (bicyclic) bond motifs is 3. The van der Waals surface area contributed by atoms with E-state index in [1.807, 2.05) is 19.9 Å². The lowest BCUT2D eigenvalue weighted by atomic mass is 9.94. The number of aromatic amines is 1. The minimum Gasteiger partial charge on any atom is -0.481 e. The quantitative estimate of drug-likeness (QED) is 0.732. The molecule has 1 aromatic carbocycles. The van der Waals surface area contributed by atoms with Crippen LogP contribution in [0.15, 0.2) is 24.5 Å². The maximum atomic E-state index is 5.99. The molecule has 0 aliphatic carbocycles. The smallest absolute Gasteiger partial charge is 0.145 e. The second-order valence-corrected chi connectivity index (χ2v) is 4.74. The van der Waals surface area contributed by atoms with E-state index in [9.17, 15) is 0 Å². The summed E-state index contributed by atoms with van der Waals surface area (Å²) in [7, 11) is 0. The van der Waals surface area contributed by atoms with Crippen LogP contribution in [0.3, 0.4) is 0 Å². The third kappa shape index (κ3) is 1.18. The van der Waals surface area contributed by atoms with Gasteiger partial charge in [-0.2, -0.15) is 0 Å². The fourth-order valence-electron chi connectivity index (χ4n) is 2.20. The minimum absolute atomic E-state index is 0.339. The van der Waals surface area contributed by atoms with Gasteiger partial charge in [0.05, 0.1) is 17.7 Å². The van der Waals surface area contributed by atoms with Crippen molar-refractivity contribution in [3.8, 4) is 17.0 Å². The first-order valence-electron chi connectivity index (χ1n) is 5.42. The van der Waals surface area contributed by atoms with Crippen molar-refractivity contribution in [1.82, 2.24) is 9.97 Å². The molecule has 0 radical (unpaired) electrons. The highest BCUT2D eigenvalue weighted by Gasteiger charge is 2.34. The minimum atomic E-state index is -0.339. The van der Waals surface area contributed by atoms with Crippen molar-refractivity contribution in [2.24, 2.45) is 0 Å². The summed E-state index contributed by atoms with van der Waals surface area (Å²) in [4.78, 5) is 7.57. The second-order valence-electron chi connectivity index (χ2n) is 4.74. The molecule has 0 bridgehead atoms.